The van der Waals surface area contributed by atoms with Gasteiger partial charge in [-0.25, -0.2) is 0 Å². The number of nitrogens with one attached hydrogen (secondary N) is 1. The molecule has 1 radical (unpaired) electrons. The van der Waals surface area contributed by atoms with Crippen molar-refractivity contribution < 1.29 is 23.8 Å². The van der Waals surface area contributed by atoms with Gasteiger partial charge in [0.25, 0.3) is 5.91 Å². The first-order valence-corrected chi connectivity index (χ1v) is 12.4. The first-order valence-electron chi connectivity index (χ1n) is 12.4. The van der Waals surface area contributed by atoms with E-state index in [9.17, 15) is 9.59 Å². The highest BCUT2D eigenvalue weighted by atomic mass is 16.5. The molecule has 4 rings (SSSR count). The number of hydrogen-bond donors (Lipinski definition) is 1. The zero-order valence-corrected chi connectivity index (χ0v) is 21.8. The lowest BCUT2D eigenvalue weighted by atomic mass is 9.99. The fourth-order valence-corrected chi connectivity index (χ4v) is 4.42. The molecule has 197 valence electrons. The second kappa shape index (κ2) is 12.7. The predicted octanol–water partition coefficient (Wildman–Crippen LogP) is 4.30. The van der Waals surface area contributed by atoms with Crippen LogP contribution >= 0.6 is 0 Å². The fraction of sp³-hybridized carbons (Fsp3) is 0.267. The smallest absolute Gasteiger partial charge is 0.258 e. The topological polar surface area (TPSA) is 91.2 Å². The summed E-state index contributed by atoms with van der Waals surface area (Å²) in [6.45, 7) is 1.98. The molecule has 3 aromatic carbocycles. The van der Waals surface area contributed by atoms with Gasteiger partial charge in [0.15, 0.2) is 18.1 Å². The van der Waals surface area contributed by atoms with Crippen LogP contribution in [0, 0.1) is 0 Å². The van der Waals surface area contributed by atoms with E-state index >= 15 is 0 Å². The highest BCUT2D eigenvalue weighted by Crippen LogP contribution is 2.33. The first kappa shape index (κ1) is 26.6. The van der Waals surface area contributed by atoms with Gasteiger partial charge in [0.2, 0.25) is 5.91 Å². The molecule has 1 aliphatic heterocycles. The molecule has 1 unspecified atom stereocenters. The number of carbonyl (C=O) groups is 2. The number of carbonyl (C=O) groups excluding carboxylic acids is 2. The van der Waals surface area contributed by atoms with Crippen molar-refractivity contribution >= 4 is 23.1 Å². The molecule has 8 nitrogen and oxygen atoms in total. The Hall–Kier alpha value is -4.46. The van der Waals surface area contributed by atoms with Gasteiger partial charge in [-0.15, -0.1) is 0 Å². The number of para-hydroxylation sites is 4. The molecule has 38 heavy (non-hydrogen) atoms. The van der Waals surface area contributed by atoms with Crippen molar-refractivity contribution in [3.8, 4) is 17.2 Å². The van der Waals surface area contributed by atoms with Crippen molar-refractivity contribution in [2.45, 2.75) is 25.9 Å². The Kier molecular flexibility index (Phi) is 8.87. The van der Waals surface area contributed by atoms with E-state index in [1.54, 1.807) is 31.3 Å². The number of ether oxygens (including phenoxy) is 3. The average molecular weight is 515 g/mol. The second-order valence-electron chi connectivity index (χ2n) is 8.92. The molecule has 0 saturated heterocycles. The van der Waals surface area contributed by atoms with Crippen LogP contribution in [0.1, 0.15) is 24.5 Å². The van der Waals surface area contributed by atoms with Crippen LogP contribution in [0.3, 0.4) is 0 Å². The molecule has 0 fully saturated rings. The van der Waals surface area contributed by atoms with E-state index in [4.69, 9.17) is 14.2 Å². The molecule has 2 amide bonds. The molecule has 1 aliphatic rings. The molecule has 0 spiro atoms. The van der Waals surface area contributed by atoms with Crippen molar-refractivity contribution in [3.05, 3.63) is 90.1 Å². The third-order valence-corrected chi connectivity index (χ3v) is 6.31. The van der Waals surface area contributed by atoms with Crippen LogP contribution in [0.15, 0.2) is 79.0 Å². The number of benzene rings is 3. The molecule has 0 saturated carbocycles. The van der Waals surface area contributed by atoms with Crippen molar-refractivity contribution in [2.24, 2.45) is 0 Å². The van der Waals surface area contributed by atoms with Gasteiger partial charge in [0.05, 0.1) is 25.9 Å². The van der Waals surface area contributed by atoms with Gasteiger partial charge in [-0.05, 0) is 36.3 Å². The van der Waals surface area contributed by atoms with Crippen LogP contribution in [-0.2, 0) is 16.1 Å². The van der Waals surface area contributed by atoms with Gasteiger partial charge in [0.1, 0.15) is 5.75 Å². The Balaban J connectivity index is 1.50. The van der Waals surface area contributed by atoms with Gasteiger partial charge in [0, 0.05) is 37.3 Å². The minimum Gasteiger partial charge on any atom is -0.496 e. The number of fused-ring (bicyclic) bond motifs is 1. The van der Waals surface area contributed by atoms with Crippen molar-refractivity contribution in [1.82, 2.24) is 15.5 Å². The van der Waals surface area contributed by atoms with E-state index in [2.05, 4.69) is 10.6 Å². The lowest BCUT2D eigenvalue weighted by Crippen LogP contribution is -2.46. The summed E-state index contributed by atoms with van der Waals surface area (Å²) < 4.78 is 16.5. The summed E-state index contributed by atoms with van der Waals surface area (Å²) >= 11 is 0. The number of methoxy groups -OCH3 is 2. The van der Waals surface area contributed by atoms with E-state index < -0.39 is 0 Å². The minimum absolute atomic E-state index is 0.106. The van der Waals surface area contributed by atoms with Crippen molar-refractivity contribution in [1.29, 1.82) is 0 Å². The molecule has 1 heterocycles. The maximum atomic E-state index is 13.0. The van der Waals surface area contributed by atoms with Crippen LogP contribution in [-0.4, -0.2) is 50.1 Å². The van der Waals surface area contributed by atoms with Crippen LogP contribution in [0.4, 0.5) is 5.69 Å². The molecule has 1 N–H and O–H groups in total. The highest BCUT2D eigenvalue weighted by molar-refractivity contribution is 5.81. The van der Waals surface area contributed by atoms with Gasteiger partial charge < -0.3 is 24.4 Å². The van der Waals surface area contributed by atoms with Gasteiger partial charge in [-0.3, -0.25) is 14.9 Å². The van der Waals surface area contributed by atoms with Gasteiger partial charge >= 0.3 is 0 Å². The van der Waals surface area contributed by atoms with Crippen LogP contribution in [0.2, 0.25) is 0 Å². The third kappa shape index (κ3) is 6.64. The number of amides is 2. The zero-order chi connectivity index (χ0) is 26.9. The normalized spacial score (nSPS) is 12.4. The van der Waals surface area contributed by atoms with E-state index in [0.717, 1.165) is 22.4 Å². The lowest BCUT2D eigenvalue weighted by Gasteiger charge is -2.28. The predicted molar refractivity (Wildman–Crippen MR) is 145 cm³/mol. The van der Waals surface area contributed by atoms with Crippen LogP contribution in [0.5, 0.6) is 17.2 Å². The third-order valence-electron chi connectivity index (χ3n) is 6.31. The minimum atomic E-state index is -0.380. The molecular formula is C30H32N3O5. The summed E-state index contributed by atoms with van der Waals surface area (Å²) in [6.07, 6.45) is 2.32. The molecule has 8 heteroatoms. The molecule has 0 bridgehead atoms. The molecular weight excluding hydrogens is 482 g/mol. The Morgan fingerprint density at radius 1 is 0.895 bits per heavy atom. The van der Waals surface area contributed by atoms with Crippen LogP contribution in [0.25, 0.3) is 5.57 Å². The molecule has 1 atom stereocenters. The van der Waals surface area contributed by atoms with E-state index in [1.807, 2.05) is 66.9 Å². The average Bonchev–Trinajstić information content (AvgIpc) is 3.34. The maximum Gasteiger partial charge on any atom is 0.258 e. The fourth-order valence-electron chi connectivity index (χ4n) is 4.42. The monoisotopic (exact) mass is 514 g/mol. The maximum absolute atomic E-state index is 13.0. The molecule has 0 aliphatic carbocycles. The lowest BCUT2D eigenvalue weighted by molar-refractivity contribution is -0.131. The standard InChI is InChI=1S/C30H32N3O5/c1-21(34)33(18-22-10-4-7-13-27(22)36-2)19-24(16-23-17-31-26-12-6-5-11-25(23)26)32-30(35)20-38-29-15-9-8-14-28(29)37-3/h4-15,17,24H,16,18-20H2,1-3H3,(H,32,35). The van der Waals surface area contributed by atoms with Crippen molar-refractivity contribution in [3.63, 3.8) is 0 Å². The number of rotatable bonds is 12. The molecule has 3 aromatic rings. The zero-order valence-electron chi connectivity index (χ0n) is 21.8. The summed E-state index contributed by atoms with van der Waals surface area (Å²) in [7, 11) is 3.16. The summed E-state index contributed by atoms with van der Waals surface area (Å²) in [6, 6.07) is 22.2. The molecule has 0 aromatic heterocycles. The summed E-state index contributed by atoms with van der Waals surface area (Å²) in [5, 5.41) is 7.57. The Morgan fingerprint density at radius 2 is 1.55 bits per heavy atom. The van der Waals surface area contributed by atoms with E-state index in [0.29, 0.717) is 36.8 Å². The number of nitrogens with zero attached hydrogens (tertiary/aromatic N) is 2. The van der Waals surface area contributed by atoms with E-state index in [-0.39, 0.29) is 24.5 Å². The summed E-state index contributed by atoms with van der Waals surface area (Å²) in [5.41, 5.74) is 3.80. The quantitative estimate of drug-likeness (QED) is 0.389. The Morgan fingerprint density at radius 3 is 2.29 bits per heavy atom. The Bertz CT molecular complexity index is 1310. The SMILES string of the molecule is COc1ccccc1CN(CC(CC1=C[N]c2ccccc21)NC(=O)COc1ccccc1OC)C(C)=O. The Labute approximate surface area is 223 Å². The number of hydrogen-bond acceptors (Lipinski definition) is 5. The summed E-state index contributed by atoms with van der Waals surface area (Å²) in [4.78, 5) is 27.4. The van der Waals surface area contributed by atoms with Gasteiger partial charge in [-0.1, -0.05) is 48.5 Å². The van der Waals surface area contributed by atoms with Crippen LogP contribution < -0.4 is 24.8 Å². The van der Waals surface area contributed by atoms with E-state index in [1.165, 1.54) is 6.92 Å². The van der Waals surface area contributed by atoms with Gasteiger partial charge in [-0.2, -0.15) is 0 Å². The summed E-state index contributed by atoms with van der Waals surface area (Å²) in [5.74, 6) is 1.33. The largest absolute Gasteiger partial charge is 0.496 e. The second-order valence-corrected chi connectivity index (χ2v) is 8.92. The van der Waals surface area contributed by atoms with Crippen molar-refractivity contribution in [2.75, 3.05) is 27.4 Å². The first-order chi connectivity index (χ1) is 18.5. The highest BCUT2D eigenvalue weighted by Gasteiger charge is 2.24.